The second-order valence-electron chi connectivity index (χ2n) is 4.64. The molecule has 2 aromatic carbocycles. The smallest absolute Gasteiger partial charge is 0.250 e. The molecule has 124 valence electrons. The van der Waals surface area contributed by atoms with Crippen molar-refractivity contribution in [3.63, 3.8) is 0 Å². The Balaban J connectivity index is 1.98. The number of halogens is 2. The van der Waals surface area contributed by atoms with Gasteiger partial charge >= 0.3 is 0 Å². The van der Waals surface area contributed by atoms with Crippen molar-refractivity contribution < 1.29 is 9.53 Å². The Bertz CT molecular complexity index is 794. The highest BCUT2D eigenvalue weighted by Gasteiger charge is 2.06. The normalized spacial score (nSPS) is 10.5. The van der Waals surface area contributed by atoms with Crippen molar-refractivity contribution in [2.24, 2.45) is 0 Å². The van der Waals surface area contributed by atoms with Crippen LogP contribution in [0.25, 0.3) is 6.08 Å². The molecule has 0 aromatic heterocycles. The number of methoxy groups -OCH3 is 1. The molecule has 0 aliphatic heterocycles. The Morgan fingerprint density at radius 2 is 1.96 bits per heavy atom. The van der Waals surface area contributed by atoms with Crippen molar-refractivity contribution in [1.82, 2.24) is 5.32 Å². The lowest BCUT2D eigenvalue weighted by molar-refractivity contribution is -0.115. The first kappa shape index (κ1) is 18.3. The third-order valence-corrected chi connectivity index (χ3v) is 3.74. The SMILES string of the molecule is COc1ccccc1/C=C/C(=O)NC(=S)Nc1cc(Cl)ccc1Cl. The van der Waals surface area contributed by atoms with Crippen molar-refractivity contribution in [3.8, 4) is 5.75 Å². The molecule has 0 aliphatic rings. The number of carbonyl (C=O) groups excluding carboxylic acids is 1. The fraction of sp³-hybridized carbons (Fsp3) is 0.0588. The summed E-state index contributed by atoms with van der Waals surface area (Å²) in [7, 11) is 1.57. The quantitative estimate of drug-likeness (QED) is 0.604. The zero-order chi connectivity index (χ0) is 17.5. The summed E-state index contributed by atoms with van der Waals surface area (Å²) in [5.41, 5.74) is 1.30. The monoisotopic (exact) mass is 380 g/mol. The first-order valence-corrected chi connectivity index (χ1v) is 8.04. The van der Waals surface area contributed by atoms with Gasteiger partial charge in [-0.3, -0.25) is 10.1 Å². The van der Waals surface area contributed by atoms with E-state index in [2.05, 4.69) is 10.6 Å². The number of benzene rings is 2. The van der Waals surface area contributed by atoms with Crippen LogP contribution in [-0.2, 0) is 4.79 Å². The number of hydrogen-bond acceptors (Lipinski definition) is 3. The van der Waals surface area contributed by atoms with Gasteiger partial charge < -0.3 is 10.1 Å². The highest BCUT2D eigenvalue weighted by Crippen LogP contribution is 2.25. The summed E-state index contributed by atoms with van der Waals surface area (Å²) >= 11 is 17.0. The van der Waals surface area contributed by atoms with Crippen LogP contribution < -0.4 is 15.4 Å². The highest BCUT2D eigenvalue weighted by molar-refractivity contribution is 7.80. The first-order chi connectivity index (χ1) is 11.5. The molecule has 0 bridgehead atoms. The molecule has 0 spiro atoms. The number of ether oxygens (including phenoxy) is 1. The van der Waals surface area contributed by atoms with Gasteiger partial charge in [0.25, 0.3) is 0 Å². The molecule has 7 heteroatoms. The second-order valence-corrected chi connectivity index (χ2v) is 5.89. The van der Waals surface area contributed by atoms with Crippen LogP contribution in [-0.4, -0.2) is 18.1 Å². The number of hydrogen-bond donors (Lipinski definition) is 2. The summed E-state index contributed by atoms with van der Waals surface area (Å²) in [4.78, 5) is 11.9. The van der Waals surface area contributed by atoms with Gasteiger partial charge in [0.15, 0.2) is 5.11 Å². The van der Waals surface area contributed by atoms with Gasteiger partial charge in [-0.1, -0.05) is 41.4 Å². The molecule has 0 saturated carbocycles. The Labute approximate surface area is 155 Å². The standard InChI is InChI=1S/C17H14Cl2N2O2S/c1-23-15-5-3-2-4-11(15)6-9-16(22)21-17(24)20-14-10-12(18)7-8-13(14)19/h2-10H,1H3,(H2,20,21,22,24)/b9-6+. The second kappa shape index (κ2) is 8.68. The minimum absolute atomic E-state index is 0.119. The molecule has 4 nitrogen and oxygen atoms in total. The van der Waals surface area contributed by atoms with Gasteiger partial charge in [0.1, 0.15) is 5.75 Å². The van der Waals surface area contributed by atoms with Crippen molar-refractivity contribution in [2.75, 3.05) is 12.4 Å². The minimum Gasteiger partial charge on any atom is -0.496 e. The summed E-state index contributed by atoms with van der Waals surface area (Å²) in [5, 5.41) is 6.43. The third kappa shape index (κ3) is 5.23. The van der Waals surface area contributed by atoms with E-state index in [4.69, 9.17) is 40.2 Å². The Kier molecular flexibility index (Phi) is 6.61. The van der Waals surface area contributed by atoms with Crippen molar-refractivity contribution in [1.29, 1.82) is 0 Å². The van der Waals surface area contributed by atoms with Crippen LogP contribution in [0.4, 0.5) is 5.69 Å². The van der Waals surface area contributed by atoms with Gasteiger partial charge in [-0.25, -0.2) is 0 Å². The number of nitrogens with one attached hydrogen (secondary N) is 2. The predicted octanol–water partition coefficient (Wildman–Crippen LogP) is 4.53. The molecular formula is C17H14Cl2N2O2S. The fourth-order valence-electron chi connectivity index (χ4n) is 1.87. The Hall–Kier alpha value is -2.08. The molecule has 2 N–H and O–H groups in total. The zero-order valence-corrected chi connectivity index (χ0v) is 15.0. The molecule has 0 fully saturated rings. The number of anilines is 1. The third-order valence-electron chi connectivity index (χ3n) is 2.97. The largest absolute Gasteiger partial charge is 0.496 e. The Morgan fingerprint density at radius 1 is 1.21 bits per heavy atom. The van der Waals surface area contributed by atoms with E-state index in [1.54, 1.807) is 31.4 Å². The van der Waals surface area contributed by atoms with E-state index in [1.165, 1.54) is 6.08 Å². The van der Waals surface area contributed by atoms with Crippen LogP contribution in [0.2, 0.25) is 10.0 Å². The average Bonchev–Trinajstić information content (AvgIpc) is 2.56. The van der Waals surface area contributed by atoms with Crippen LogP contribution in [0.15, 0.2) is 48.5 Å². The molecule has 0 radical (unpaired) electrons. The van der Waals surface area contributed by atoms with Crippen LogP contribution >= 0.6 is 35.4 Å². The molecule has 2 aromatic rings. The summed E-state index contributed by atoms with van der Waals surface area (Å²) in [6.45, 7) is 0. The van der Waals surface area contributed by atoms with Crippen LogP contribution in [0.5, 0.6) is 5.75 Å². The number of amides is 1. The summed E-state index contributed by atoms with van der Waals surface area (Å²) in [6.07, 6.45) is 3.01. The lowest BCUT2D eigenvalue weighted by Gasteiger charge is -2.10. The Morgan fingerprint density at radius 3 is 2.71 bits per heavy atom. The summed E-state index contributed by atoms with van der Waals surface area (Å²) in [6, 6.07) is 12.3. The van der Waals surface area contributed by atoms with Crippen LogP contribution in [0.3, 0.4) is 0 Å². The number of carbonyl (C=O) groups is 1. The molecule has 24 heavy (non-hydrogen) atoms. The van der Waals surface area contributed by atoms with Crippen molar-refractivity contribution in [2.45, 2.75) is 0 Å². The number of rotatable bonds is 4. The molecule has 0 heterocycles. The minimum atomic E-state index is -0.378. The van der Waals surface area contributed by atoms with E-state index in [1.807, 2.05) is 24.3 Å². The molecule has 2 rings (SSSR count). The average molecular weight is 381 g/mol. The van der Waals surface area contributed by atoms with Gasteiger partial charge in [-0.2, -0.15) is 0 Å². The molecule has 0 aliphatic carbocycles. The summed E-state index contributed by atoms with van der Waals surface area (Å²) < 4.78 is 5.21. The van der Waals surface area contributed by atoms with E-state index < -0.39 is 0 Å². The zero-order valence-electron chi connectivity index (χ0n) is 12.7. The lowest BCUT2D eigenvalue weighted by atomic mass is 10.2. The van der Waals surface area contributed by atoms with E-state index in [0.717, 1.165) is 5.56 Å². The van der Waals surface area contributed by atoms with E-state index in [0.29, 0.717) is 21.5 Å². The maximum atomic E-state index is 11.9. The molecule has 0 atom stereocenters. The van der Waals surface area contributed by atoms with Crippen molar-refractivity contribution in [3.05, 3.63) is 64.1 Å². The lowest BCUT2D eigenvalue weighted by Crippen LogP contribution is -2.32. The topological polar surface area (TPSA) is 50.4 Å². The van der Waals surface area contributed by atoms with Gasteiger partial charge in [-0.15, -0.1) is 0 Å². The van der Waals surface area contributed by atoms with E-state index in [9.17, 15) is 4.79 Å². The number of para-hydroxylation sites is 1. The van der Waals surface area contributed by atoms with Crippen LogP contribution in [0, 0.1) is 0 Å². The van der Waals surface area contributed by atoms with Gasteiger partial charge in [0.2, 0.25) is 5.91 Å². The van der Waals surface area contributed by atoms with Crippen LogP contribution in [0.1, 0.15) is 5.56 Å². The summed E-state index contributed by atoms with van der Waals surface area (Å²) in [5.74, 6) is 0.296. The van der Waals surface area contributed by atoms with E-state index >= 15 is 0 Å². The van der Waals surface area contributed by atoms with Gasteiger partial charge in [-0.05, 0) is 42.6 Å². The maximum absolute atomic E-state index is 11.9. The highest BCUT2D eigenvalue weighted by atomic mass is 35.5. The van der Waals surface area contributed by atoms with Gasteiger partial charge in [0.05, 0.1) is 17.8 Å². The van der Waals surface area contributed by atoms with Crippen molar-refractivity contribution >= 4 is 58.2 Å². The molecular weight excluding hydrogens is 367 g/mol. The fourth-order valence-corrected chi connectivity index (χ4v) is 2.42. The molecule has 0 unspecified atom stereocenters. The maximum Gasteiger partial charge on any atom is 0.250 e. The first-order valence-electron chi connectivity index (χ1n) is 6.87. The van der Waals surface area contributed by atoms with Gasteiger partial charge in [0, 0.05) is 16.7 Å². The number of thiocarbonyl (C=S) groups is 1. The predicted molar refractivity (Wildman–Crippen MR) is 103 cm³/mol. The molecule has 1 amide bonds. The van der Waals surface area contributed by atoms with E-state index in [-0.39, 0.29) is 11.0 Å². The molecule has 0 saturated heterocycles.